The standard InChI is InChI=1S/C9H20N2OSi/c1-5-8-10-13(4,12-7-3)11-9-6-2/h5-6,10-11H,1-2,7-9H2,3-4H3. The van der Waals surface area contributed by atoms with E-state index < -0.39 is 8.64 Å². The molecule has 0 unspecified atom stereocenters. The van der Waals surface area contributed by atoms with Gasteiger partial charge in [0.25, 0.3) is 0 Å². The lowest BCUT2D eigenvalue weighted by atomic mass is 10.7. The van der Waals surface area contributed by atoms with Gasteiger partial charge in [-0.3, -0.25) is 0 Å². The summed E-state index contributed by atoms with van der Waals surface area (Å²) in [6.07, 6.45) is 3.67. The van der Waals surface area contributed by atoms with Gasteiger partial charge >= 0.3 is 8.64 Å². The van der Waals surface area contributed by atoms with E-state index in [1.165, 1.54) is 0 Å². The van der Waals surface area contributed by atoms with Crippen molar-refractivity contribution in [3.63, 3.8) is 0 Å². The molecule has 3 nitrogen and oxygen atoms in total. The molecule has 0 aromatic rings. The Kier molecular flexibility index (Phi) is 6.80. The lowest BCUT2D eigenvalue weighted by Gasteiger charge is -2.27. The van der Waals surface area contributed by atoms with Gasteiger partial charge in [0.1, 0.15) is 0 Å². The van der Waals surface area contributed by atoms with Gasteiger partial charge in [0.2, 0.25) is 0 Å². The van der Waals surface area contributed by atoms with Crippen LogP contribution in [0.4, 0.5) is 0 Å². The van der Waals surface area contributed by atoms with Gasteiger partial charge in [0.05, 0.1) is 0 Å². The Morgan fingerprint density at radius 3 is 2.00 bits per heavy atom. The number of rotatable bonds is 8. The quantitative estimate of drug-likeness (QED) is 0.455. The summed E-state index contributed by atoms with van der Waals surface area (Å²) in [7, 11) is -1.93. The highest BCUT2D eigenvalue weighted by Gasteiger charge is 2.27. The summed E-state index contributed by atoms with van der Waals surface area (Å²) >= 11 is 0. The lowest BCUT2D eigenvalue weighted by molar-refractivity contribution is 0.306. The monoisotopic (exact) mass is 200 g/mol. The maximum atomic E-state index is 5.65. The third-order valence-electron chi connectivity index (χ3n) is 1.60. The van der Waals surface area contributed by atoms with Gasteiger partial charge in [-0.2, -0.15) is 0 Å². The molecule has 4 heteroatoms. The molecule has 0 aliphatic rings. The van der Waals surface area contributed by atoms with E-state index in [2.05, 4.69) is 29.7 Å². The minimum Gasteiger partial charge on any atom is -0.392 e. The SMILES string of the molecule is C=CCN[Si](C)(NCC=C)OCC. The van der Waals surface area contributed by atoms with Crippen LogP contribution in [0.3, 0.4) is 0 Å². The van der Waals surface area contributed by atoms with Crippen LogP contribution < -0.4 is 9.96 Å². The van der Waals surface area contributed by atoms with Crippen molar-refractivity contribution in [1.29, 1.82) is 0 Å². The predicted octanol–water partition coefficient (Wildman–Crippen LogP) is 1.14. The zero-order chi connectivity index (χ0) is 10.2. The fourth-order valence-corrected chi connectivity index (χ4v) is 2.96. The van der Waals surface area contributed by atoms with Gasteiger partial charge in [0.15, 0.2) is 0 Å². The minimum absolute atomic E-state index is 0.719. The average Bonchev–Trinajstić information content (AvgIpc) is 2.12. The summed E-state index contributed by atoms with van der Waals surface area (Å²) < 4.78 is 5.65. The molecule has 0 spiro atoms. The predicted molar refractivity (Wildman–Crippen MR) is 59.6 cm³/mol. The maximum absolute atomic E-state index is 5.65. The van der Waals surface area contributed by atoms with Crippen LogP contribution in [-0.4, -0.2) is 28.3 Å². The molecule has 0 aliphatic carbocycles. The fraction of sp³-hybridized carbons (Fsp3) is 0.556. The molecular weight excluding hydrogens is 180 g/mol. The molecule has 0 atom stereocenters. The van der Waals surface area contributed by atoms with Crippen molar-refractivity contribution in [3.8, 4) is 0 Å². The molecule has 0 heterocycles. The summed E-state index contributed by atoms with van der Waals surface area (Å²) in [5, 5.41) is 0. The van der Waals surface area contributed by atoms with Crippen LogP contribution in [-0.2, 0) is 4.43 Å². The fourth-order valence-electron chi connectivity index (χ4n) is 0.987. The van der Waals surface area contributed by atoms with E-state index in [0.717, 1.165) is 19.7 Å². The third kappa shape index (κ3) is 5.76. The van der Waals surface area contributed by atoms with Crippen molar-refractivity contribution >= 4 is 8.64 Å². The Labute approximate surface area is 82.2 Å². The highest BCUT2D eigenvalue weighted by Crippen LogP contribution is 1.95. The highest BCUT2D eigenvalue weighted by molar-refractivity contribution is 6.67. The number of hydrogen-bond donors (Lipinski definition) is 2. The van der Waals surface area contributed by atoms with Gasteiger partial charge in [-0.1, -0.05) is 12.2 Å². The van der Waals surface area contributed by atoms with Crippen molar-refractivity contribution < 1.29 is 4.43 Å². The summed E-state index contributed by atoms with van der Waals surface area (Å²) in [4.78, 5) is 6.64. The first-order valence-electron chi connectivity index (χ1n) is 4.54. The first kappa shape index (κ1) is 12.6. The molecule has 76 valence electrons. The average molecular weight is 200 g/mol. The van der Waals surface area contributed by atoms with Crippen LogP contribution in [0, 0.1) is 0 Å². The summed E-state index contributed by atoms with van der Waals surface area (Å²) in [6.45, 7) is 13.7. The molecular formula is C9H20N2OSi. The molecule has 13 heavy (non-hydrogen) atoms. The zero-order valence-electron chi connectivity index (χ0n) is 8.60. The van der Waals surface area contributed by atoms with E-state index in [-0.39, 0.29) is 0 Å². The van der Waals surface area contributed by atoms with Crippen LogP contribution in [0.15, 0.2) is 25.3 Å². The Morgan fingerprint density at radius 2 is 1.69 bits per heavy atom. The van der Waals surface area contributed by atoms with Crippen molar-refractivity contribution in [2.45, 2.75) is 13.5 Å². The summed E-state index contributed by atoms with van der Waals surface area (Å²) in [5.74, 6) is 0. The molecule has 0 bridgehead atoms. The minimum atomic E-state index is -1.93. The van der Waals surface area contributed by atoms with Gasteiger partial charge in [-0.05, 0) is 13.5 Å². The largest absolute Gasteiger partial charge is 0.392 e. The first-order valence-corrected chi connectivity index (χ1v) is 6.95. The second-order valence-corrected chi connectivity index (χ2v) is 5.87. The Morgan fingerprint density at radius 1 is 1.23 bits per heavy atom. The van der Waals surface area contributed by atoms with Crippen molar-refractivity contribution in [3.05, 3.63) is 25.3 Å². The van der Waals surface area contributed by atoms with Crippen molar-refractivity contribution in [2.75, 3.05) is 19.7 Å². The van der Waals surface area contributed by atoms with E-state index >= 15 is 0 Å². The van der Waals surface area contributed by atoms with E-state index in [1.54, 1.807) is 0 Å². The first-order chi connectivity index (χ1) is 6.18. The summed E-state index contributed by atoms with van der Waals surface area (Å²) in [6, 6.07) is 0. The summed E-state index contributed by atoms with van der Waals surface area (Å²) in [5.41, 5.74) is 0. The number of hydrogen-bond acceptors (Lipinski definition) is 3. The van der Waals surface area contributed by atoms with Crippen molar-refractivity contribution in [1.82, 2.24) is 9.96 Å². The highest BCUT2D eigenvalue weighted by atomic mass is 28.4. The molecule has 0 saturated heterocycles. The van der Waals surface area contributed by atoms with Crippen molar-refractivity contribution in [2.24, 2.45) is 0 Å². The number of nitrogens with one attached hydrogen (secondary N) is 2. The Bertz CT molecular complexity index is 150. The second kappa shape index (κ2) is 7.03. The molecule has 0 fully saturated rings. The molecule has 0 saturated carbocycles. The van der Waals surface area contributed by atoms with Gasteiger partial charge in [-0.25, -0.2) is 0 Å². The van der Waals surface area contributed by atoms with Gasteiger partial charge in [0, 0.05) is 19.7 Å². The van der Waals surface area contributed by atoms with Crippen LogP contribution in [0.1, 0.15) is 6.92 Å². The van der Waals surface area contributed by atoms with Crippen LogP contribution in [0.5, 0.6) is 0 Å². The topological polar surface area (TPSA) is 33.3 Å². The third-order valence-corrected chi connectivity index (χ3v) is 4.22. The van der Waals surface area contributed by atoms with E-state index in [9.17, 15) is 0 Å². The van der Waals surface area contributed by atoms with Crippen LogP contribution in [0.2, 0.25) is 6.55 Å². The zero-order valence-corrected chi connectivity index (χ0v) is 9.60. The van der Waals surface area contributed by atoms with Gasteiger partial charge in [-0.15, -0.1) is 13.2 Å². The normalized spacial score (nSPS) is 11.2. The lowest BCUT2D eigenvalue weighted by Crippen LogP contribution is -2.62. The maximum Gasteiger partial charge on any atom is 0.349 e. The van der Waals surface area contributed by atoms with E-state index in [4.69, 9.17) is 4.43 Å². The smallest absolute Gasteiger partial charge is 0.349 e. The molecule has 2 N–H and O–H groups in total. The molecule has 0 aliphatic heterocycles. The molecule has 0 radical (unpaired) electrons. The molecule has 0 amide bonds. The van der Waals surface area contributed by atoms with Crippen LogP contribution >= 0.6 is 0 Å². The van der Waals surface area contributed by atoms with Gasteiger partial charge < -0.3 is 14.4 Å². The molecule has 0 aromatic carbocycles. The van der Waals surface area contributed by atoms with E-state index in [1.807, 2.05) is 19.1 Å². The molecule has 0 aromatic heterocycles. The second-order valence-electron chi connectivity index (χ2n) is 2.81. The van der Waals surface area contributed by atoms with Crippen LogP contribution in [0.25, 0.3) is 0 Å². The Balaban J connectivity index is 3.97. The Hall–Kier alpha value is -0.423. The van der Waals surface area contributed by atoms with E-state index in [0.29, 0.717) is 0 Å². The molecule has 0 rings (SSSR count).